The Labute approximate surface area is 134 Å². The van der Waals surface area contributed by atoms with Gasteiger partial charge in [-0.15, -0.1) is 0 Å². The molecule has 1 aromatic heterocycles. The number of rotatable bonds is 1. The molecule has 3 atom stereocenters. The molecule has 1 aromatic carbocycles. The fourth-order valence-corrected chi connectivity index (χ4v) is 3.84. The maximum Gasteiger partial charge on any atom is 0.289 e. The highest BCUT2D eigenvalue weighted by Gasteiger charge is 2.39. The first kappa shape index (κ1) is 14.1. The summed E-state index contributed by atoms with van der Waals surface area (Å²) in [4.78, 5) is 14.6. The van der Waals surface area contributed by atoms with Gasteiger partial charge < -0.3 is 14.1 Å². The lowest BCUT2D eigenvalue weighted by molar-refractivity contribution is 0.00790. The number of benzene rings is 1. The standard InChI is InChI=1S/C17H18ClNO3/c1-10-6-12-9-19(5-4-15(12)21-10)17(20)16-8-11-7-13(18)2-3-14(11)22-16/h2-3,7-8,10,12,15H,4-6,9H2,1H3/t10-,12-,15+/m0/s1. The quantitative estimate of drug-likeness (QED) is 0.804. The van der Waals surface area contributed by atoms with E-state index in [9.17, 15) is 4.79 Å². The maximum atomic E-state index is 12.7. The average molecular weight is 320 g/mol. The Morgan fingerprint density at radius 2 is 2.23 bits per heavy atom. The monoisotopic (exact) mass is 319 g/mol. The van der Waals surface area contributed by atoms with Crippen molar-refractivity contribution in [1.29, 1.82) is 0 Å². The van der Waals surface area contributed by atoms with Crippen molar-refractivity contribution in [3.8, 4) is 0 Å². The van der Waals surface area contributed by atoms with Crippen molar-refractivity contribution >= 4 is 28.5 Å². The van der Waals surface area contributed by atoms with E-state index in [2.05, 4.69) is 6.92 Å². The van der Waals surface area contributed by atoms with Crippen molar-refractivity contribution in [1.82, 2.24) is 4.90 Å². The van der Waals surface area contributed by atoms with Gasteiger partial charge in [0.15, 0.2) is 5.76 Å². The second-order valence-electron chi connectivity index (χ2n) is 6.31. The average Bonchev–Trinajstić information content (AvgIpc) is 3.07. The van der Waals surface area contributed by atoms with Gasteiger partial charge in [0.1, 0.15) is 5.58 Å². The van der Waals surface area contributed by atoms with Gasteiger partial charge in [0.2, 0.25) is 0 Å². The molecule has 2 saturated heterocycles. The van der Waals surface area contributed by atoms with Gasteiger partial charge in [-0.1, -0.05) is 11.6 Å². The van der Waals surface area contributed by atoms with Crippen LogP contribution in [0.1, 0.15) is 30.3 Å². The first-order chi connectivity index (χ1) is 10.6. The predicted molar refractivity (Wildman–Crippen MR) is 84.2 cm³/mol. The molecule has 1 amide bonds. The summed E-state index contributed by atoms with van der Waals surface area (Å²) >= 11 is 5.98. The number of nitrogens with zero attached hydrogens (tertiary/aromatic N) is 1. The van der Waals surface area contributed by atoms with Crippen molar-refractivity contribution in [2.45, 2.75) is 32.0 Å². The number of piperidine rings is 1. The first-order valence-electron chi connectivity index (χ1n) is 7.74. The molecule has 2 aliphatic heterocycles. The largest absolute Gasteiger partial charge is 0.451 e. The smallest absolute Gasteiger partial charge is 0.289 e. The Bertz CT molecular complexity index is 726. The van der Waals surface area contributed by atoms with Crippen LogP contribution in [-0.2, 0) is 4.74 Å². The topological polar surface area (TPSA) is 42.7 Å². The molecular formula is C17H18ClNO3. The molecule has 0 saturated carbocycles. The van der Waals surface area contributed by atoms with Gasteiger partial charge in [-0.05, 0) is 44.0 Å². The lowest BCUT2D eigenvalue weighted by Gasteiger charge is -2.33. The molecule has 3 heterocycles. The van der Waals surface area contributed by atoms with Crippen molar-refractivity contribution in [3.63, 3.8) is 0 Å². The molecule has 2 aromatic rings. The van der Waals surface area contributed by atoms with E-state index in [0.29, 0.717) is 34.5 Å². The van der Waals surface area contributed by atoms with Crippen LogP contribution in [-0.4, -0.2) is 36.1 Å². The summed E-state index contributed by atoms with van der Waals surface area (Å²) in [6, 6.07) is 7.16. The van der Waals surface area contributed by atoms with Gasteiger partial charge in [0, 0.05) is 29.4 Å². The molecule has 2 fully saturated rings. The van der Waals surface area contributed by atoms with E-state index >= 15 is 0 Å². The number of carbonyl (C=O) groups excluding carboxylic acids is 1. The first-order valence-corrected chi connectivity index (χ1v) is 8.12. The fraction of sp³-hybridized carbons (Fsp3) is 0.471. The van der Waals surface area contributed by atoms with E-state index in [-0.39, 0.29) is 5.91 Å². The lowest BCUT2D eigenvalue weighted by Crippen LogP contribution is -2.44. The van der Waals surface area contributed by atoms with Crippen LogP contribution in [0.15, 0.2) is 28.7 Å². The minimum absolute atomic E-state index is 0.0367. The van der Waals surface area contributed by atoms with Crippen molar-refractivity contribution in [3.05, 3.63) is 35.0 Å². The highest BCUT2D eigenvalue weighted by atomic mass is 35.5. The molecule has 5 heteroatoms. The van der Waals surface area contributed by atoms with E-state index < -0.39 is 0 Å². The predicted octanol–water partition coefficient (Wildman–Crippen LogP) is 3.73. The second-order valence-corrected chi connectivity index (χ2v) is 6.75. The number of carbonyl (C=O) groups is 1. The Kier molecular flexibility index (Phi) is 3.39. The Morgan fingerprint density at radius 1 is 1.36 bits per heavy atom. The Morgan fingerprint density at radius 3 is 3.09 bits per heavy atom. The van der Waals surface area contributed by atoms with Gasteiger partial charge >= 0.3 is 0 Å². The number of furan rings is 1. The molecule has 0 spiro atoms. The molecule has 0 radical (unpaired) electrons. The van der Waals surface area contributed by atoms with E-state index in [1.165, 1.54) is 0 Å². The molecule has 22 heavy (non-hydrogen) atoms. The van der Waals surface area contributed by atoms with Crippen molar-refractivity contribution in [2.75, 3.05) is 13.1 Å². The summed E-state index contributed by atoms with van der Waals surface area (Å²) < 4.78 is 11.6. The molecule has 0 unspecified atom stereocenters. The maximum absolute atomic E-state index is 12.7. The summed E-state index contributed by atoms with van der Waals surface area (Å²) in [6.07, 6.45) is 2.56. The number of hydrogen-bond donors (Lipinski definition) is 0. The van der Waals surface area contributed by atoms with Crippen LogP contribution in [0.4, 0.5) is 0 Å². The zero-order chi connectivity index (χ0) is 15.3. The van der Waals surface area contributed by atoms with Crippen molar-refractivity contribution in [2.24, 2.45) is 5.92 Å². The summed E-state index contributed by atoms with van der Waals surface area (Å²) in [5.41, 5.74) is 0.695. The summed E-state index contributed by atoms with van der Waals surface area (Å²) in [5, 5.41) is 1.51. The van der Waals surface area contributed by atoms with Crippen LogP contribution in [0.2, 0.25) is 5.02 Å². The second kappa shape index (κ2) is 5.28. The zero-order valence-electron chi connectivity index (χ0n) is 12.4. The Balaban J connectivity index is 1.55. The van der Waals surface area contributed by atoms with Gasteiger partial charge in [0.25, 0.3) is 5.91 Å². The normalized spacial score (nSPS) is 28.1. The minimum atomic E-state index is -0.0367. The number of amides is 1. The van der Waals surface area contributed by atoms with E-state index in [1.807, 2.05) is 11.0 Å². The lowest BCUT2D eigenvalue weighted by atomic mass is 9.93. The van der Waals surface area contributed by atoms with Crippen LogP contribution in [0.25, 0.3) is 11.0 Å². The van der Waals surface area contributed by atoms with Crippen LogP contribution in [0.3, 0.4) is 0 Å². The molecule has 0 aliphatic carbocycles. The van der Waals surface area contributed by atoms with E-state index in [0.717, 1.165) is 31.3 Å². The third-order valence-electron chi connectivity index (χ3n) is 4.68. The number of fused-ring (bicyclic) bond motifs is 2. The van der Waals surface area contributed by atoms with E-state index in [1.54, 1.807) is 18.2 Å². The number of likely N-dealkylation sites (tertiary alicyclic amines) is 1. The number of hydrogen-bond acceptors (Lipinski definition) is 3. The number of halogens is 1. The SMILES string of the molecule is C[C@H]1C[C@H]2CN(C(=O)c3cc4cc(Cl)ccc4o3)CC[C@H]2O1. The van der Waals surface area contributed by atoms with Crippen molar-refractivity contribution < 1.29 is 13.9 Å². The van der Waals surface area contributed by atoms with Crippen LogP contribution in [0.5, 0.6) is 0 Å². The summed E-state index contributed by atoms with van der Waals surface area (Å²) in [5.74, 6) is 0.805. The molecular weight excluding hydrogens is 302 g/mol. The van der Waals surface area contributed by atoms with Crippen LogP contribution >= 0.6 is 11.6 Å². The Hall–Kier alpha value is -1.52. The van der Waals surface area contributed by atoms with Crippen LogP contribution < -0.4 is 0 Å². The summed E-state index contributed by atoms with van der Waals surface area (Å²) in [6.45, 7) is 3.59. The molecule has 4 nitrogen and oxygen atoms in total. The van der Waals surface area contributed by atoms with Gasteiger partial charge in [-0.3, -0.25) is 4.79 Å². The number of ether oxygens (including phenoxy) is 1. The summed E-state index contributed by atoms with van der Waals surface area (Å²) in [7, 11) is 0. The molecule has 2 aliphatic rings. The minimum Gasteiger partial charge on any atom is -0.451 e. The molecule has 116 valence electrons. The highest BCUT2D eigenvalue weighted by Crippen LogP contribution is 2.33. The van der Waals surface area contributed by atoms with Gasteiger partial charge in [0.05, 0.1) is 12.2 Å². The van der Waals surface area contributed by atoms with Gasteiger partial charge in [-0.2, -0.15) is 0 Å². The highest BCUT2D eigenvalue weighted by molar-refractivity contribution is 6.31. The molecule has 0 bridgehead atoms. The van der Waals surface area contributed by atoms with Crippen LogP contribution in [0, 0.1) is 5.92 Å². The third kappa shape index (κ3) is 2.40. The molecule has 0 N–H and O–H groups in total. The fourth-order valence-electron chi connectivity index (χ4n) is 3.66. The third-order valence-corrected chi connectivity index (χ3v) is 4.92. The molecule has 4 rings (SSSR count). The van der Waals surface area contributed by atoms with Gasteiger partial charge in [-0.25, -0.2) is 0 Å². The van der Waals surface area contributed by atoms with E-state index in [4.69, 9.17) is 20.8 Å². The zero-order valence-corrected chi connectivity index (χ0v) is 13.2.